The lowest BCUT2D eigenvalue weighted by molar-refractivity contribution is -0.139. The number of para-hydroxylation sites is 1. The summed E-state index contributed by atoms with van der Waals surface area (Å²) in [5.41, 5.74) is 0.309. The van der Waals surface area contributed by atoms with Gasteiger partial charge in [0.25, 0.3) is 5.91 Å². The molecule has 3 amide bonds. The predicted molar refractivity (Wildman–Crippen MR) is 87.4 cm³/mol. The van der Waals surface area contributed by atoms with Crippen LogP contribution in [0, 0.1) is 0 Å². The number of nitrogens with zero attached hydrogens (tertiary/aromatic N) is 2. The summed E-state index contributed by atoms with van der Waals surface area (Å²) in [5, 5.41) is 2.52. The number of amides is 3. The molecule has 0 saturated carbocycles. The Kier molecular flexibility index (Phi) is 4.53. The van der Waals surface area contributed by atoms with Crippen molar-refractivity contribution in [3.05, 3.63) is 30.3 Å². The molecule has 1 aromatic rings. The molecule has 1 spiro atoms. The second-order valence-electron chi connectivity index (χ2n) is 6.26. The van der Waals surface area contributed by atoms with Crippen molar-refractivity contribution in [3.63, 3.8) is 0 Å². The van der Waals surface area contributed by atoms with Gasteiger partial charge in [0, 0.05) is 19.2 Å². The molecule has 1 atom stereocenters. The Hall–Kier alpha value is -2.41. The molecular formula is C17H21N3O4. The Bertz CT molecular complexity index is 648. The van der Waals surface area contributed by atoms with Gasteiger partial charge in [-0.15, -0.1) is 0 Å². The molecule has 1 unspecified atom stereocenters. The average molecular weight is 331 g/mol. The Morgan fingerprint density at radius 1 is 1.25 bits per heavy atom. The number of morpholine rings is 1. The van der Waals surface area contributed by atoms with Crippen molar-refractivity contribution in [1.29, 1.82) is 0 Å². The van der Waals surface area contributed by atoms with Crippen LogP contribution in [0.15, 0.2) is 30.3 Å². The van der Waals surface area contributed by atoms with Crippen molar-refractivity contribution < 1.29 is 19.1 Å². The van der Waals surface area contributed by atoms with Gasteiger partial charge in [-0.1, -0.05) is 18.2 Å². The van der Waals surface area contributed by atoms with Gasteiger partial charge in [0.15, 0.2) is 0 Å². The molecule has 2 aliphatic rings. The first kappa shape index (κ1) is 16.4. The van der Waals surface area contributed by atoms with Crippen LogP contribution >= 0.6 is 0 Å². The van der Waals surface area contributed by atoms with E-state index in [0.717, 1.165) is 5.69 Å². The number of nitrogens with one attached hydrogen (secondary N) is 1. The number of carbonyl (C=O) groups excluding carboxylic acids is 3. The fourth-order valence-corrected chi connectivity index (χ4v) is 3.17. The minimum absolute atomic E-state index is 0.00720. The smallest absolute Gasteiger partial charge is 0.253 e. The topological polar surface area (TPSA) is 79.0 Å². The quantitative estimate of drug-likeness (QED) is 0.856. The molecule has 128 valence electrons. The summed E-state index contributed by atoms with van der Waals surface area (Å²) in [5.74, 6) is -0.435. The van der Waals surface area contributed by atoms with E-state index in [-0.39, 0.29) is 30.9 Å². The number of anilines is 1. The molecular weight excluding hydrogens is 310 g/mol. The van der Waals surface area contributed by atoms with Gasteiger partial charge in [0.2, 0.25) is 11.8 Å². The van der Waals surface area contributed by atoms with Gasteiger partial charge in [-0.3, -0.25) is 14.4 Å². The van der Waals surface area contributed by atoms with E-state index in [1.807, 2.05) is 30.3 Å². The third-order valence-corrected chi connectivity index (χ3v) is 4.47. The van der Waals surface area contributed by atoms with Crippen molar-refractivity contribution in [3.8, 4) is 0 Å². The molecule has 2 aliphatic heterocycles. The molecule has 3 rings (SSSR count). The van der Waals surface area contributed by atoms with Gasteiger partial charge in [-0.2, -0.15) is 0 Å². The van der Waals surface area contributed by atoms with Gasteiger partial charge in [0.05, 0.1) is 19.6 Å². The van der Waals surface area contributed by atoms with Crippen LogP contribution in [0.25, 0.3) is 0 Å². The molecule has 0 radical (unpaired) electrons. The summed E-state index contributed by atoms with van der Waals surface area (Å²) in [6.07, 6.45) is 0.676. The van der Waals surface area contributed by atoms with E-state index in [4.69, 9.17) is 4.74 Å². The molecule has 0 aromatic heterocycles. The molecule has 7 nitrogen and oxygen atoms in total. The maximum Gasteiger partial charge on any atom is 0.253 e. The van der Waals surface area contributed by atoms with Crippen LogP contribution in [0.2, 0.25) is 0 Å². The number of ether oxygens (including phenoxy) is 1. The van der Waals surface area contributed by atoms with E-state index in [1.54, 1.807) is 9.80 Å². The lowest BCUT2D eigenvalue weighted by Gasteiger charge is -2.40. The van der Waals surface area contributed by atoms with Crippen LogP contribution in [0.5, 0.6) is 0 Å². The molecule has 0 bridgehead atoms. The van der Waals surface area contributed by atoms with E-state index in [0.29, 0.717) is 26.1 Å². The monoisotopic (exact) mass is 331 g/mol. The third kappa shape index (κ3) is 3.41. The predicted octanol–water partition coefficient (Wildman–Crippen LogP) is 0.157. The third-order valence-electron chi connectivity index (χ3n) is 4.47. The van der Waals surface area contributed by atoms with Crippen molar-refractivity contribution in [2.75, 3.05) is 37.7 Å². The van der Waals surface area contributed by atoms with E-state index in [2.05, 4.69) is 5.32 Å². The molecule has 2 saturated heterocycles. The zero-order valence-electron chi connectivity index (χ0n) is 13.7. The first-order valence-corrected chi connectivity index (χ1v) is 8.01. The van der Waals surface area contributed by atoms with Crippen molar-refractivity contribution >= 4 is 23.4 Å². The van der Waals surface area contributed by atoms with Crippen LogP contribution in [0.4, 0.5) is 5.69 Å². The highest BCUT2D eigenvalue weighted by Gasteiger charge is 2.46. The number of hydrogen-bond acceptors (Lipinski definition) is 4. The average Bonchev–Trinajstić information content (AvgIpc) is 3.00. The number of likely N-dealkylation sites (tertiary alicyclic amines) is 1. The van der Waals surface area contributed by atoms with Crippen LogP contribution in [0.1, 0.15) is 13.3 Å². The molecule has 7 heteroatoms. The molecule has 24 heavy (non-hydrogen) atoms. The van der Waals surface area contributed by atoms with Crippen LogP contribution < -0.4 is 10.2 Å². The number of rotatable bonds is 3. The highest BCUT2D eigenvalue weighted by molar-refractivity contribution is 5.95. The lowest BCUT2D eigenvalue weighted by atomic mass is 10.00. The molecule has 1 N–H and O–H groups in total. The van der Waals surface area contributed by atoms with Gasteiger partial charge < -0.3 is 19.9 Å². The van der Waals surface area contributed by atoms with Crippen molar-refractivity contribution in [1.82, 2.24) is 10.2 Å². The van der Waals surface area contributed by atoms with E-state index >= 15 is 0 Å². The highest BCUT2D eigenvalue weighted by atomic mass is 16.5. The second-order valence-corrected chi connectivity index (χ2v) is 6.26. The Morgan fingerprint density at radius 3 is 2.71 bits per heavy atom. The van der Waals surface area contributed by atoms with Gasteiger partial charge in [-0.05, 0) is 18.6 Å². The molecule has 2 heterocycles. The summed E-state index contributed by atoms with van der Waals surface area (Å²) in [6.45, 7) is 2.82. The summed E-state index contributed by atoms with van der Waals surface area (Å²) >= 11 is 0. The Morgan fingerprint density at radius 2 is 2.00 bits per heavy atom. The van der Waals surface area contributed by atoms with Crippen LogP contribution in [-0.2, 0) is 19.1 Å². The van der Waals surface area contributed by atoms with Gasteiger partial charge in [0.1, 0.15) is 12.2 Å². The fraction of sp³-hybridized carbons (Fsp3) is 0.471. The summed E-state index contributed by atoms with van der Waals surface area (Å²) in [6, 6.07) is 9.48. The van der Waals surface area contributed by atoms with Crippen LogP contribution in [0.3, 0.4) is 0 Å². The van der Waals surface area contributed by atoms with E-state index < -0.39 is 5.60 Å². The van der Waals surface area contributed by atoms with E-state index in [9.17, 15) is 14.4 Å². The standard InChI is InChI=1S/C17H21N3O4/c1-13(21)18-9-15(22)19-8-7-17(11-19)12-20(16(23)10-24-17)14-5-3-2-4-6-14/h2-6H,7-12H2,1H3,(H,18,21). The summed E-state index contributed by atoms with van der Waals surface area (Å²) in [4.78, 5) is 38.7. The molecule has 2 fully saturated rings. The zero-order valence-corrected chi connectivity index (χ0v) is 13.7. The van der Waals surface area contributed by atoms with Gasteiger partial charge >= 0.3 is 0 Å². The Labute approximate surface area is 140 Å². The second kappa shape index (κ2) is 6.60. The SMILES string of the molecule is CC(=O)NCC(=O)N1CCC2(C1)CN(c1ccccc1)C(=O)CO2. The normalized spacial score (nSPS) is 23.6. The fourth-order valence-electron chi connectivity index (χ4n) is 3.17. The minimum Gasteiger partial charge on any atom is -0.361 e. The number of benzene rings is 1. The largest absolute Gasteiger partial charge is 0.361 e. The summed E-state index contributed by atoms with van der Waals surface area (Å²) in [7, 11) is 0. The zero-order chi connectivity index (χ0) is 17.2. The van der Waals surface area contributed by atoms with E-state index in [1.165, 1.54) is 6.92 Å². The van der Waals surface area contributed by atoms with Crippen LogP contribution in [-0.4, -0.2) is 61.0 Å². The first-order chi connectivity index (χ1) is 11.5. The van der Waals surface area contributed by atoms with Crippen molar-refractivity contribution in [2.24, 2.45) is 0 Å². The Balaban J connectivity index is 1.67. The maximum atomic E-state index is 12.2. The lowest BCUT2D eigenvalue weighted by Crippen LogP contribution is -2.56. The molecule has 1 aromatic carbocycles. The number of carbonyl (C=O) groups is 3. The van der Waals surface area contributed by atoms with Gasteiger partial charge in [-0.25, -0.2) is 0 Å². The first-order valence-electron chi connectivity index (χ1n) is 8.01. The molecule has 0 aliphatic carbocycles. The summed E-state index contributed by atoms with van der Waals surface area (Å²) < 4.78 is 5.82. The van der Waals surface area contributed by atoms with Crippen molar-refractivity contribution in [2.45, 2.75) is 18.9 Å². The minimum atomic E-state index is -0.532. The number of hydrogen-bond donors (Lipinski definition) is 1. The highest BCUT2D eigenvalue weighted by Crippen LogP contribution is 2.31. The maximum absolute atomic E-state index is 12.2.